The molecular formula is C26H46. The summed E-state index contributed by atoms with van der Waals surface area (Å²) in [6, 6.07) is 0. The molecule has 26 heavy (non-hydrogen) atoms. The first-order chi connectivity index (χ1) is 12.8. The topological polar surface area (TPSA) is 0 Å². The second kappa shape index (κ2) is 13.6. The summed E-state index contributed by atoms with van der Waals surface area (Å²) in [7, 11) is 0. The van der Waals surface area contributed by atoms with Crippen LogP contribution in [0.15, 0.2) is 24.3 Å². The van der Waals surface area contributed by atoms with Gasteiger partial charge in [0.05, 0.1) is 0 Å². The zero-order valence-corrected chi connectivity index (χ0v) is 17.9. The minimum Gasteiger partial charge on any atom is -0.0888 e. The minimum atomic E-state index is 0.900. The molecule has 2 rings (SSSR count). The molecule has 0 amide bonds. The van der Waals surface area contributed by atoms with Crippen LogP contribution in [0.2, 0.25) is 0 Å². The van der Waals surface area contributed by atoms with E-state index in [1.165, 1.54) is 103 Å². The fourth-order valence-corrected chi connectivity index (χ4v) is 5.30. The molecule has 0 N–H and O–H groups in total. The van der Waals surface area contributed by atoms with Crippen molar-refractivity contribution in [1.29, 1.82) is 0 Å². The Bertz CT molecular complexity index is 383. The molecule has 0 spiro atoms. The molecule has 2 atom stereocenters. The Balaban J connectivity index is 1.52. The van der Waals surface area contributed by atoms with Gasteiger partial charge >= 0.3 is 0 Å². The van der Waals surface area contributed by atoms with Crippen molar-refractivity contribution in [2.24, 2.45) is 23.7 Å². The van der Waals surface area contributed by atoms with E-state index in [0.29, 0.717) is 0 Å². The zero-order chi connectivity index (χ0) is 18.5. The first-order valence-electron chi connectivity index (χ1n) is 12.1. The van der Waals surface area contributed by atoms with Crippen LogP contribution in [-0.2, 0) is 0 Å². The molecule has 0 aliphatic heterocycles. The lowest BCUT2D eigenvalue weighted by Gasteiger charge is -2.29. The molecule has 0 nitrogen and oxygen atoms in total. The predicted molar refractivity (Wildman–Crippen MR) is 117 cm³/mol. The maximum Gasteiger partial charge on any atom is -0.0231 e. The van der Waals surface area contributed by atoms with E-state index < -0.39 is 0 Å². The first-order valence-corrected chi connectivity index (χ1v) is 12.1. The highest BCUT2D eigenvalue weighted by molar-refractivity contribution is 4.91. The van der Waals surface area contributed by atoms with Gasteiger partial charge in [-0.3, -0.25) is 0 Å². The summed E-state index contributed by atoms with van der Waals surface area (Å²) in [4.78, 5) is 0. The van der Waals surface area contributed by atoms with Crippen LogP contribution < -0.4 is 0 Å². The molecule has 150 valence electrons. The second-order valence-electron chi connectivity index (χ2n) is 9.30. The Morgan fingerprint density at radius 3 is 2.19 bits per heavy atom. The number of hydrogen-bond donors (Lipinski definition) is 0. The normalized spacial score (nSPS) is 30.4. The maximum atomic E-state index is 2.55. The summed E-state index contributed by atoms with van der Waals surface area (Å²) in [6.45, 7) is 4.52. The van der Waals surface area contributed by atoms with Crippen molar-refractivity contribution in [3.63, 3.8) is 0 Å². The van der Waals surface area contributed by atoms with Crippen LogP contribution in [0.1, 0.15) is 117 Å². The molecule has 0 saturated heterocycles. The van der Waals surface area contributed by atoms with Gasteiger partial charge < -0.3 is 0 Å². The van der Waals surface area contributed by atoms with Crippen molar-refractivity contribution < 1.29 is 0 Å². The van der Waals surface area contributed by atoms with Gasteiger partial charge in [0, 0.05) is 0 Å². The highest BCUT2D eigenvalue weighted by Crippen LogP contribution is 2.36. The molecule has 2 fully saturated rings. The van der Waals surface area contributed by atoms with Gasteiger partial charge in [0.15, 0.2) is 0 Å². The van der Waals surface area contributed by atoms with Gasteiger partial charge in [-0.05, 0) is 68.6 Å². The smallest absolute Gasteiger partial charge is 0.0231 e. The first kappa shape index (κ1) is 21.8. The van der Waals surface area contributed by atoms with Crippen LogP contribution in [0.25, 0.3) is 0 Å². The van der Waals surface area contributed by atoms with E-state index >= 15 is 0 Å². The molecule has 2 aliphatic carbocycles. The van der Waals surface area contributed by atoms with Crippen molar-refractivity contribution in [2.75, 3.05) is 0 Å². The molecule has 0 heterocycles. The Labute approximate surface area is 164 Å². The monoisotopic (exact) mass is 358 g/mol. The summed E-state index contributed by atoms with van der Waals surface area (Å²) >= 11 is 0. The van der Waals surface area contributed by atoms with Gasteiger partial charge in [0.1, 0.15) is 0 Å². The van der Waals surface area contributed by atoms with Crippen LogP contribution in [0.5, 0.6) is 0 Å². The molecule has 2 saturated carbocycles. The van der Waals surface area contributed by atoms with Gasteiger partial charge in [-0.2, -0.15) is 0 Å². The summed E-state index contributed by atoms with van der Waals surface area (Å²) in [5, 5.41) is 0. The Hall–Kier alpha value is -0.520. The molecule has 2 unspecified atom stereocenters. The van der Waals surface area contributed by atoms with E-state index in [1.54, 1.807) is 0 Å². The second-order valence-corrected chi connectivity index (χ2v) is 9.30. The number of unbranched alkanes of at least 4 members (excludes halogenated alkanes) is 2. The van der Waals surface area contributed by atoms with Crippen molar-refractivity contribution >= 4 is 0 Å². The molecule has 0 aromatic rings. The Morgan fingerprint density at radius 1 is 0.731 bits per heavy atom. The molecule has 0 bridgehead atoms. The van der Waals surface area contributed by atoms with Crippen LogP contribution >= 0.6 is 0 Å². The lowest BCUT2D eigenvalue weighted by molar-refractivity contribution is 0.250. The van der Waals surface area contributed by atoms with E-state index in [0.717, 1.165) is 23.7 Å². The quantitative estimate of drug-likeness (QED) is 0.255. The van der Waals surface area contributed by atoms with Gasteiger partial charge in [0.2, 0.25) is 0 Å². The van der Waals surface area contributed by atoms with Crippen LogP contribution in [0, 0.1) is 23.7 Å². The fraction of sp³-hybridized carbons (Fsp3) is 0.846. The van der Waals surface area contributed by atoms with Crippen molar-refractivity contribution in [1.82, 2.24) is 0 Å². The van der Waals surface area contributed by atoms with Gasteiger partial charge in [-0.15, -0.1) is 0 Å². The largest absolute Gasteiger partial charge is 0.0888 e. The van der Waals surface area contributed by atoms with Gasteiger partial charge in [-0.25, -0.2) is 0 Å². The van der Waals surface area contributed by atoms with Crippen LogP contribution in [0.4, 0.5) is 0 Å². The number of allylic oxidation sites excluding steroid dienone is 4. The average molecular weight is 359 g/mol. The summed E-state index contributed by atoms with van der Waals surface area (Å²) in [6.07, 6.45) is 32.8. The molecule has 0 aromatic heterocycles. The highest BCUT2D eigenvalue weighted by atomic mass is 14.3. The summed E-state index contributed by atoms with van der Waals surface area (Å²) in [5.41, 5.74) is 0. The number of hydrogen-bond acceptors (Lipinski definition) is 0. The third-order valence-electron chi connectivity index (χ3n) is 7.00. The average Bonchev–Trinajstić information content (AvgIpc) is 2.67. The molecule has 2 aliphatic rings. The van der Waals surface area contributed by atoms with Gasteiger partial charge in [0.25, 0.3) is 0 Å². The Kier molecular flexibility index (Phi) is 11.4. The van der Waals surface area contributed by atoms with Gasteiger partial charge in [-0.1, -0.05) is 95.9 Å². The minimum absolute atomic E-state index is 0.900. The number of rotatable bonds is 11. The zero-order valence-electron chi connectivity index (χ0n) is 17.9. The third kappa shape index (κ3) is 8.92. The van der Waals surface area contributed by atoms with E-state index in [-0.39, 0.29) is 0 Å². The molecular weight excluding hydrogens is 312 g/mol. The lowest BCUT2D eigenvalue weighted by atomic mass is 9.77. The highest BCUT2D eigenvalue weighted by Gasteiger charge is 2.21. The van der Waals surface area contributed by atoms with Crippen molar-refractivity contribution in [3.8, 4) is 0 Å². The third-order valence-corrected chi connectivity index (χ3v) is 7.00. The lowest BCUT2D eigenvalue weighted by Crippen LogP contribution is -2.15. The summed E-state index contributed by atoms with van der Waals surface area (Å²) < 4.78 is 0. The predicted octanol–water partition coefficient (Wildman–Crippen LogP) is 8.87. The van der Waals surface area contributed by atoms with Crippen LogP contribution in [-0.4, -0.2) is 0 Å². The van der Waals surface area contributed by atoms with Crippen LogP contribution in [0.3, 0.4) is 0 Å². The van der Waals surface area contributed by atoms with Crippen molar-refractivity contribution in [3.05, 3.63) is 24.3 Å². The van der Waals surface area contributed by atoms with E-state index in [9.17, 15) is 0 Å². The van der Waals surface area contributed by atoms with E-state index in [4.69, 9.17) is 0 Å². The van der Waals surface area contributed by atoms with Crippen molar-refractivity contribution in [2.45, 2.75) is 117 Å². The Morgan fingerprint density at radius 2 is 1.46 bits per heavy atom. The molecule has 0 radical (unpaired) electrons. The van der Waals surface area contributed by atoms with E-state index in [2.05, 4.69) is 38.2 Å². The summed E-state index contributed by atoms with van der Waals surface area (Å²) in [5.74, 6) is 3.98. The molecule has 0 heteroatoms. The SMILES string of the molecule is CC/C=C/C[C@H]1CC[C@H](CCCCC2CCCC(/C=C/CCC)C2)CC1. The standard InChI is InChI=1S/C26H46/c1-3-5-7-12-23-18-20-24(21-19-23)13-9-10-15-26-17-11-16-25(22-26)14-8-6-4-2/h5,7-8,14,23-26H,3-4,6,9-13,15-22H2,1-2H3/b7-5+,14-8+/t23-,24-,25?,26?. The maximum absolute atomic E-state index is 2.55. The fourth-order valence-electron chi connectivity index (χ4n) is 5.30. The molecule has 0 aromatic carbocycles. The van der Waals surface area contributed by atoms with E-state index in [1.807, 2.05) is 0 Å².